The lowest BCUT2D eigenvalue weighted by molar-refractivity contribution is 0.311. The summed E-state index contributed by atoms with van der Waals surface area (Å²) in [7, 11) is 3.86. The molecule has 0 amide bonds. The Morgan fingerprint density at radius 3 is 2.58 bits per heavy atom. The van der Waals surface area contributed by atoms with Crippen LogP contribution in [0.4, 0.5) is 11.9 Å². The highest BCUT2D eigenvalue weighted by Gasteiger charge is 2.21. The maximum Gasteiger partial charge on any atom is 0.323 e. The van der Waals surface area contributed by atoms with E-state index in [0.717, 1.165) is 0 Å². The monoisotopic (exact) mass is 265 g/mol. The van der Waals surface area contributed by atoms with Crippen LogP contribution in [-0.4, -0.2) is 41.7 Å². The van der Waals surface area contributed by atoms with Crippen molar-refractivity contribution in [3.8, 4) is 6.01 Å². The first-order valence-electron chi connectivity index (χ1n) is 7.04. The Hall–Kier alpha value is -1.59. The molecule has 1 aliphatic carbocycles. The average molecular weight is 265 g/mol. The molecule has 0 aliphatic heterocycles. The molecule has 1 fully saturated rings. The summed E-state index contributed by atoms with van der Waals surface area (Å²) in [4.78, 5) is 15.2. The second-order valence-electron chi connectivity index (χ2n) is 4.83. The van der Waals surface area contributed by atoms with Crippen LogP contribution in [0.5, 0.6) is 6.01 Å². The Morgan fingerprint density at radius 1 is 1.21 bits per heavy atom. The van der Waals surface area contributed by atoms with Crippen LogP contribution >= 0.6 is 0 Å². The van der Waals surface area contributed by atoms with Crippen molar-refractivity contribution in [2.45, 2.75) is 45.1 Å². The van der Waals surface area contributed by atoms with Crippen molar-refractivity contribution in [3.63, 3.8) is 0 Å². The van der Waals surface area contributed by atoms with Crippen molar-refractivity contribution in [2.75, 3.05) is 30.9 Å². The van der Waals surface area contributed by atoms with Crippen molar-refractivity contribution in [3.05, 3.63) is 0 Å². The smallest absolute Gasteiger partial charge is 0.323 e. The molecule has 1 heterocycles. The molecule has 0 unspecified atom stereocenters. The maximum atomic E-state index is 5.40. The number of hydrogen-bond acceptors (Lipinski definition) is 6. The molecule has 0 saturated heterocycles. The lowest BCUT2D eigenvalue weighted by Gasteiger charge is -2.31. The van der Waals surface area contributed by atoms with E-state index in [1.165, 1.54) is 32.1 Å². The first-order chi connectivity index (χ1) is 9.24. The highest BCUT2D eigenvalue weighted by Crippen LogP contribution is 2.25. The van der Waals surface area contributed by atoms with Gasteiger partial charge in [0.15, 0.2) is 0 Å². The fourth-order valence-electron chi connectivity index (χ4n) is 2.44. The van der Waals surface area contributed by atoms with Crippen LogP contribution < -0.4 is 15.0 Å². The normalized spacial score (nSPS) is 16.2. The first kappa shape index (κ1) is 13.8. The molecule has 0 radical (unpaired) electrons. The summed E-state index contributed by atoms with van der Waals surface area (Å²) in [5, 5.41) is 2.96. The molecule has 0 spiro atoms. The minimum atomic E-state index is 0.388. The minimum Gasteiger partial charge on any atom is -0.464 e. The molecular weight excluding hydrogens is 242 g/mol. The topological polar surface area (TPSA) is 63.2 Å². The zero-order valence-corrected chi connectivity index (χ0v) is 12.0. The summed E-state index contributed by atoms with van der Waals surface area (Å²) in [6, 6.07) is 0.912. The summed E-state index contributed by atoms with van der Waals surface area (Å²) in [5.41, 5.74) is 0. The van der Waals surface area contributed by atoms with Gasteiger partial charge in [0.05, 0.1) is 6.61 Å². The summed E-state index contributed by atoms with van der Waals surface area (Å²) >= 11 is 0. The van der Waals surface area contributed by atoms with Gasteiger partial charge in [0.2, 0.25) is 11.9 Å². The highest BCUT2D eigenvalue weighted by atomic mass is 16.5. The molecule has 1 aliphatic rings. The summed E-state index contributed by atoms with van der Waals surface area (Å²) in [5.74, 6) is 1.24. The van der Waals surface area contributed by atoms with Crippen LogP contribution in [0.1, 0.15) is 39.0 Å². The molecule has 106 valence electrons. The van der Waals surface area contributed by atoms with Crippen LogP contribution in [0.15, 0.2) is 0 Å². The van der Waals surface area contributed by atoms with Gasteiger partial charge in [-0.25, -0.2) is 0 Å². The highest BCUT2D eigenvalue weighted by molar-refractivity contribution is 5.38. The van der Waals surface area contributed by atoms with Crippen LogP contribution in [0, 0.1) is 0 Å². The summed E-state index contributed by atoms with van der Waals surface area (Å²) in [6.07, 6.45) is 6.34. The Balaban J connectivity index is 2.18. The number of nitrogens with one attached hydrogen (secondary N) is 1. The number of hydrogen-bond donors (Lipinski definition) is 1. The molecule has 0 bridgehead atoms. The third-order valence-corrected chi connectivity index (χ3v) is 3.54. The summed E-state index contributed by atoms with van der Waals surface area (Å²) < 4.78 is 5.40. The fraction of sp³-hybridized carbons (Fsp3) is 0.769. The van der Waals surface area contributed by atoms with Crippen molar-refractivity contribution >= 4 is 11.9 Å². The molecule has 0 aromatic carbocycles. The Bertz CT molecular complexity index is 406. The number of rotatable bonds is 5. The summed E-state index contributed by atoms with van der Waals surface area (Å²) in [6.45, 7) is 2.48. The Kier molecular flexibility index (Phi) is 4.76. The van der Waals surface area contributed by atoms with E-state index in [1.807, 2.05) is 6.92 Å². The van der Waals surface area contributed by atoms with E-state index < -0.39 is 0 Å². The van der Waals surface area contributed by atoms with Gasteiger partial charge >= 0.3 is 6.01 Å². The van der Waals surface area contributed by atoms with Gasteiger partial charge < -0.3 is 15.0 Å². The van der Waals surface area contributed by atoms with Gasteiger partial charge in [-0.2, -0.15) is 15.0 Å². The number of anilines is 2. The van der Waals surface area contributed by atoms with E-state index in [4.69, 9.17) is 4.74 Å². The maximum absolute atomic E-state index is 5.40. The second kappa shape index (κ2) is 6.54. The van der Waals surface area contributed by atoms with E-state index >= 15 is 0 Å². The zero-order valence-electron chi connectivity index (χ0n) is 12.0. The molecule has 1 N–H and O–H groups in total. The Labute approximate surface area is 114 Å². The van der Waals surface area contributed by atoms with E-state index in [-0.39, 0.29) is 0 Å². The number of aromatic nitrogens is 3. The van der Waals surface area contributed by atoms with Gasteiger partial charge in [-0.05, 0) is 19.8 Å². The second-order valence-corrected chi connectivity index (χ2v) is 4.83. The lowest BCUT2D eigenvalue weighted by Crippen LogP contribution is -2.34. The fourth-order valence-corrected chi connectivity index (χ4v) is 2.44. The molecular formula is C13H23N5O. The predicted molar refractivity (Wildman–Crippen MR) is 75.8 cm³/mol. The molecule has 19 heavy (non-hydrogen) atoms. The molecule has 1 aromatic heterocycles. The van der Waals surface area contributed by atoms with Gasteiger partial charge in [0.25, 0.3) is 0 Å². The molecule has 6 heteroatoms. The van der Waals surface area contributed by atoms with Crippen molar-refractivity contribution in [1.29, 1.82) is 0 Å². The molecule has 6 nitrogen and oxygen atoms in total. The molecule has 1 saturated carbocycles. The average Bonchev–Trinajstić information content (AvgIpc) is 2.47. The zero-order chi connectivity index (χ0) is 13.7. The van der Waals surface area contributed by atoms with Gasteiger partial charge in [0, 0.05) is 20.1 Å². The van der Waals surface area contributed by atoms with Crippen LogP contribution in [0.2, 0.25) is 0 Å². The minimum absolute atomic E-state index is 0.388. The number of ether oxygens (including phenoxy) is 1. The molecule has 1 aromatic rings. The van der Waals surface area contributed by atoms with E-state index in [0.29, 0.717) is 30.6 Å². The van der Waals surface area contributed by atoms with Crippen molar-refractivity contribution in [2.24, 2.45) is 0 Å². The molecule has 2 rings (SSSR count). The van der Waals surface area contributed by atoms with E-state index in [2.05, 4.69) is 32.2 Å². The lowest BCUT2D eigenvalue weighted by atomic mass is 9.95. The third-order valence-electron chi connectivity index (χ3n) is 3.54. The van der Waals surface area contributed by atoms with Crippen LogP contribution in [0.3, 0.4) is 0 Å². The van der Waals surface area contributed by atoms with Crippen molar-refractivity contribution in [1.82, 2.24) is 15.0 Å². The van der Waals surface area contributed by atoms with Gasteiger partial charge in [-0.3, -0.25) is 0 Å². The largest absolute Gasteiger partial charge is 0.464 e. The standard InChI is InChI=1S/C13H23N5O/c1-4-19-13-16-11(14-2)15-12(17-13)18(3)10-8-6-5-7-9-10/h10H,4-9H2,1-3H3,(H,14,15,16,17). The Morgan fingerprint density at radius 2 is 1.95 bits per heavy atom. The SMILES string of the molecule is CCOc1nc(NC)nc(N(C)C2CCCCC2)n1. The molecule has 0 atom stereocenters. The van der Waals surface area contributed by atoms with Crippen LogP contribution in [-0.2, 0) is 0 Å². The number of nitrogens with zero attached hydrogens (tertiary/aromatic N) is 4. The van der Waals surface area contributed by atoms with Gasteiger partial charge in [-0.1, -0.05) is 19.3 Å². The van der Waals surface area contributed by atoms with Gasteiger partial charge in [0.1, 0.15) is 0 Å². The van der Waals surface area contributed by atoms with Gasteiger partial charge in [-0.15, -0.1) is 0 Å². The van der Waals surface area contributed by atoms with E-state index in [9.17, 15) is 0 Å². The predicted octanol–water partition coefficient (Wildman–Crippen LogP) is 2.08. The van der Waals surface area contributed by atoms with Crippen molar-refractivity contribution < 1.29 is 4.74 Å². The first-order valence-corrected chi connectivity index (χ1v) is 7.04. The third kappa shape index (κ3) is 3.45. The quantitative estimate of drug-likeness (QED) is 0.879. The van der Waals surface area contributed by atoms with E-state index in [1.54, 1.807) is 7.05 Å². The van der Waals surface area contributed by atoms with Crippen LogP contribution in [0.25, 0.3) is 0 Å².